The molecule has 1 aliphatic rings. The molecule has 6 rings (SSSR count). The molecule has 0 aromatic heterocycles. The average molecular weight is 629 g/mol. The van der Waals surface area contributed by atoms with Gasteiger partial charge in [-0.25, -0.2) is 9.59 Å². The lowest BCUT2D eigenvalue weighted by Crippen LogP contribution is -2.48. The Balaban J connectivity index is 1.72. The molecule has 0 saturated carbocycles. The van der Waals surface area contributed by atoms with E-state index in [-0.39, 0.29) is 36.5 Å². The SMILES string of the molecule is CCOC(=O)N1Oc2c(C(c3ccccc3)c3ccccc3)cc(C(c3ccccc3)c3ccccc3)c(OC)c2N1C(=O)OCC. The second-order valence-corrected chi connectivity index (χ2v) is 10.8. The molecule has 0 spiro atoms. The molecule has 0 saturated heterocycles. The van der Waals surface area contributed by atoms with Crippen molar-refractivity contribution in [1.29, 1.82) is 0 Å². The predicted octanol–water partition coefficient (Wildman–Crippen LogP) is 8.70. The van der Waals surface area contributed by atoms with E-state index >= 15 is 0 Å². The molecule has 0 atom stereocenters. The Morgan fingerprint density at radius 2 is 1.02 bits per heavy atom. The number of hydrazine groups is 1. The number of hydrogen-bond donors (Lipinski definition) is 0. The van der Waals surface area contributed by atoms with Gasteiger partial charge in [0.25, 0.3) is 0 Å². The summed E-state index contributed by atoms with van der Waals surface area (Å²) < 4.78 is 17.0. The Kier molecular flexibility index (Phi) is 9.38. The van der Waals surface area contributed by atoms with Crippen molar-refractivity contribution < 1.29 is 28.6 Å². The molecule has 8 nitrogen and oxygen atoms in total. The zero-order valence-electron chi connectivity index (χ0n) is 26.5. The van der Waals surface area contributed by atoms with E-state index in [2.05, 4.69) is 54.6 Å². The lowest BCUT2D eigenvalue weighted by atomic mass is 9.79. The number of fused-ring (bicyclic) bond motifs is 1. The minimum atomic E-state index is -0.870. The standard InChI is InChI=1S/C39H36N2O6/c1-4-45-38(42)40-35-36(44-3)31(33(27-18-10-6-11-19-27)28-20-12-7-13-21-28)26-32(37(35)47-41(40)39(43)46-5-2)34(29-22-14-8-15-23-29)30-24-16-9-17-25-30/h6-26,33-34H,4-5H2,1-3H3. The van der Waals surface area contributed by atoms with Crippen LogP contribution in [0.3, 0.4) is 0 Å². The van der Waals surface area contributed by atoms with E-state index in [0.717, 1.165) is 43.6 Å². The molecule has 0 unspecified atom stereocenters. The van der Waals surface area contributed by atoms with E-state index in [1.807, 2.05) is 72.8 Å². The van der Waals surface area contributed by atoms with E-state index < -0.39 is 12.2 Å². The van der Waals surface area contributed by atoms with Crippen molar-refractivity contribution in [3.8, 4) is 11.5 Å². The second-order valence-electron chi connectivity index (χ2n) is 10.8. The average Bonchev–Trinajstić information content (AvgIpc) is 3.52. The summed E-state index contributed by atoms with van der Waals surface area (Å²) >= 11 is 0. The van der Waals surface area contributed by atoms with Crippen LogP contribution in [0.25, 0.3) is 0 Å². The van der Waals surface area contributed by atoms with E-state index in [0.29, 0.717) is 5.75 Å². The molecule has 238 valence electrons. The number of rotatable bonds is 9. The van der Waals surface area contributed by atoms with Crippen LogP contribution < -0.4 is 14.6 Å². The molecule has 0 aliphatic carbocycles. The second kappa shape index (κ2) is 14.1. The summed E-state index contributed by atoms with van der Waals surface area (Å²) in [4.78, 5) is 33.5. The summed E-state index contributed by atoms with van der Waals surface area (Å²) in [6.45, 7) is 3.53. The number of carbonyl (C=O) groups excluding carboxylic acids is 2. The third-order valence-corrected chi connectivity index (χ3v) is 8.06. The third kappa shape index (κ3) is 6.10. The topological polar surface area (TPSA) is 77.5 Å². The summed E-state index contributed by atoms with van der Waals surface area (Å²) in [7, 11) is 1.55. The number of anilines is 1. The molecular weight excluding hydrogens is 592 g/mol. The largest absolute Gasteiger partial charge is 0.494 e. The number of benzene rings is 5. The fraction of sp³-hybridized carbons (Fsp3) is 0.179. The molecule has 1 aliphatic heterocycles. The molecule has 0 bridgehead atoms. The van der Waals surface area contributed by atoms with Crippen molar-refractivity contribution in [3.05, 3.63) is 161 Å². The maximum atomic E-state index is 13.8. The molecule has 0 N–H and O–H groups in total. The fourth-order valence-corrected chi connectivity index (χ4v) is 6.16. The number of nitrogens with zero attached hydrogens (tertiary/aromatic N) is 2. The number of amides is 2. The van der Waals surface area contributed by atoms with Gasteiger partial charge in [-0.2, -0.15) is 0 Å². The van der Waals surface area contributed by atoms with Crippen LogP contribution in [0, 0.1) is 0 Å². The van der Waals surface area contributed by atoms with E-state index in [1.165, 1.54) is 0 Å². The maximum Gasteiger partial charge on any atom is 0.464 e. The lowest BCUT2D eigenvalue weighted by Gasteiger charge is -2.27. The van der Waals surface area contributed by atoms with E-state index in [9.17, 15) is 9.59 Å². The number of hydroxylamine groups is 1. The van der Waals surface area contributed by atoms with Gasteiger partial charge in [-0.15, -0.1) is 5.01 Å². The highest BCUT2D eigenvalue weighted by molar-refractivity contribution is 5.97. The number of methoxy groups -OCH3 is 1. The van der Waals surface area contributed by atoms with Crippen molar-refractivity contribution >= 4 is 17.9 Å². The number of hydrogen-bond acceptors (Lipinski definition) is 6. The molecule has 0 radical (unpaired) electrons. The Bertz CT molecular complexity index is 1740. The van der Waals surface area contributed by atoms with Crippen molar-refractivity contribution in [2.45, 2.75) is 25.7 Å². The van der Waals surface area contributed by atoms with Crippen LogP contribution in [-0.4, -0.2) is 37.7 Å². The summed E-state index contributed by atoms with van der Waals surface area (Å²) in [6, 6.07) is 42.4. The minimum Gasteiger partial charge on any atom is -0.494 e. The van der Waals surface area contributed by atoms with Gasteiger partial charge in [-0.1, -0.05) is 121 Å². The van der Waals surface area contributed by atoms with Gasteiger partial charge in [0.05, 0.1) is 20.3 Å². The quantitative estimate of drug-likeness (QED) is 0.152. The van der Waals surface area contributed by atoms with Gasteiger partial charge in [0.2, 0.25) is 0 Å². The summed E-state index contributed by atoms with van der Waals surface area (Å²) in [5, 5.41) is 1.89. The van der Waals surface area contributed by atoms with Gasteiger partial charge in [-0.05, 0) is 47.3 Å². The van der Waals surface area contributed by atoms with Crippen LogP contribution in [0.1, 0.15) is 59.1 Å². The fourth-order valence-electron chi connectivity index (χ4n) is 6.16. The Hall–Kier alpha value is -5.76. The highest BCUT2D eigenvalue weighted by atomic mass is 16.8. The van der Waals surface area contributed by atoms with Crippen LogP contribution in [-0.2, 0) is 9.47 Å². The Labute approximate surface area is 274 Å². The van der Waals surface area contributed by atoms with Crippen molar-refractivity contribution in [3.63, 3.8) is 0 Å². The molecular formula is C39H36N2O6. The molecule has 5 aromatic carbocycles. The van der Waals surface area contributed by atoms with Gasteiger partial charge in [-0.3, -0.25) is 0 Å². The number of carbonyl (C=O) groups is 2. The molecule has 2 amide bonds. The molecule has 5 aromatic rings. The van der Waals surface area contributed by atoms with Gasteiger partial charge in [0.1, 0.15) is 0 Å². The van der Waals surface area contributed by atoms with Crippen molar-refractivity contribution in [2.24, 2.45) is 0 Å². The minimum absolute atomic E-state index is 0.0711. The van der Waals surface area contributed by atoms with Crippen LogP contribution >= 0.6 is 0 Å². The first-order valence-electron chi connectivity index (χ1n) is 15.6. The lowest BCUT2D eigenvalue weighted by molar-refractivity contribution is -0.0383. The summed E-state index contributed by atoms with van der Waals surface area (Å²) in [5.74, 6) is -0.0241. The summed E-state index contributed by atoms with van der Waals surface area (Å²) in [5.41, 5.74) is 5.78. The normalized spacial score (nSPS) is 12.1. The van der Waals surface area contributed by atoms with Gasteiger partial charge < -0.3 is 19.0 Å². The van der Waals surface area contributed by atoms with Crippen LogP contribution in [0.5, 0.6) is 11.5 Å². The Morgan fingerprint density at radius 3 is 1.43 bits per heavy atom. The van der Waals surface area contributed by atoms with Gasteiger partial charge >= 0.3 is 12.2 Å². The number of ether oxygens (including phenoxy) is 3. The highest BCUT2D eigenvalue weighted by Gasteiger charge is 2.47. The molecule has 0 fully saturated rings. The first-order chi connectivity index (χ1) is 23.1. The highest BCUT2D eigenvalue weighted by Crippen LogP contribution is 2.55. The maximum absolute atomic E-state index is 13.8. The van der Waals surface area contributed by atoms with E-state index in [1.54, 1.807) is 21.0 Å². The van der Waals surface area contributed by atoms with E-state index in [4.69, 9.17) is 19.0 Å². The zero-order chi connectivity index (χ0) is 32.8. The van der Waals surface area contributed by atoms with Crippen LogP contribution in [0.2, 0.25) is 0 Å². The zero-order valence-corrected chi connectivity index (χ0v) is 26.5. The van der Waals surface area contributed by atoms with Gasteiger partial charge in [0, 0.05) is 23.0 Å². The van der Waals surface area contributed by atoms with Crippen LogP contribution in [0.15, 0.2) is 127 Å². The first kappa shape index (κ1) is 31.2. The molecule has 8 heteroatoms. The predicted molar refractivity (Wildman–Crippen MR) is 180 cm³/mol. The van der Waals surface area contributed by atoms with Gasteiger partial charge in [0.15, 0.2) is 17.2 Å². The molecule has 1 heterocycles. The smallest absolute Gasteiger partial charge is 0.464 e. The Morgan fingerprint density at radius 1 is 0.617 bits per heavy atom. The van der Waals surface area contributed by atoms with Crippen LogP contribution in [0.4, 0.5) is 15.3 Å². The van der Waals surface area contributed by atoms with Crippen molar-refractivity contribution in [1.82, 2.24) is 5.17 Å². The summed E-state index contributed by atoms with van der Waals surface area (Å²) in [6.07, 6.45) is -1.68. The molecule has 47 heavy (non-hydrogen) atoms. The first-order valence-corrected chi connectivity index (χ1v) is 15.6. The van der Waals surface area contributed by atoms with Crippen molar-refractivity contribution in [2.75, 3.05) is 25.3 Å². The third-order valence-electron chi connectivity index (χ3n) is 8.06. The monoisotopic (exact) mass is 628 g/mol.